The Hall–Kier alpha value is -8.04. The maximum absolute atomic E-state index is 14.3. The minimum atomic E-state index is -0.841. The minimum Gasteiger partial charge on any atom is -0.460 e. The summed E-state index contributed by atoms with van der Waals surface area (Å²) in [6, 6.07) is 21.8. The number of imidazole rings is 2. The molecule has 21 heteroatoms. The number of nitrogens with one attached hydrogen (secondary N) is 4. The number of hydrogen-bond acceptors (Lipinski definition) is 14. The summed E-state index contributed by atoms with van der Waals surface area (Å²) in [6.07, 6.45) is 7.13. The molecule has 12 rings (SSSR count). The van der Waals surface area contributed by atoms with Crippen LogP contribution in [0.15, 0.2) is 89.6 Å². The number of carbonyl (C=O) groups excluding carboxylic acids is 4. The average Bonchev–Trinajstić information content (AvgIpc) is 4.47. The molecule has 0 bridgehead atoms. The number of alkyl carbamates (subject to hydrolysis) is 2. The van der Waals surface area contributed by atoms with Crippen molar-refractivity contribution in [2.24, 2.45) is 11.8 Å². The standard InChI is InChI=1S/C55H59N11O10.H2/c1-71-54(69)60-45(31-16-22-73-23-17-31)51(67)64-20-6-10-41(64)47-56-29-38(58-47)34-13-15-40-36(26-34)27-43-37-14-12-35(28-44(37)75-53(66(40)43)50-63-62-49(76-50)33-8-4-3-5-9-33)39-30-57-48(59-39)42-11-7-21-65(42)52(68)46(61-55(70)72-2)32-18-24-74-25-19-32;/h3-5,8-9,12-15,26-32,41-42,45-46,53H,6-7,10-11,16-25H2,1-2H3,(H,56,58)(H,57,59)(H,60,69)(H,61,70);1H/t41-,42-,45-,46-,53?;/m0./s1. The highest BCUT2D eigenvalue weighted by atomic mass is 16.5. The van der Waals surface area contributed by atoms with Gasteiger partial charge in [-0.2, -0.15) is 0 Å². The Kier molecular flexibility index (Phi) is 13.5. The molecule has 0 spiro atoms. The number of fused-ring (bicyclic) bond motifs is 5. The van der Waals surface area contributed by atoms with E-state index in [-0.39, 0.29) is 43.1 Å². The van der Waals surface area contributed by atoms with Crippen LogP contribution in [0.2, 0.25) is 0 Å². The summed E-state index contributed by atoms with van der Waals surface area (Å²) in [5, 5.41) is 15.6. The van der Waals surface area contributed by atoms with Crippen molar-refractivity contribution in [2.45, 2.75) is 81.8 Å². The second-order valence-electron chi connectivity index (χ2n) is 20.0. The molecule has 9 heterocycles. The fraction of sp³-hybridized carbons (Fsp3) is 0.418. The SMILES string of the molecule is COC(=O)N[C@H](C(=O)N1CCC[C@H]1c1ncc(-c2ccc3c(c2)OC(c2nnc(-c4ccccc4)o2)n2c-3cc3cc(-c4cnc([C@@H]5CCCN5C(=O)[C@@H](NC(=O)OC)C5CCOCC5)[nH]4)ccc32)[nH]1)C1CCOCC1.[HH]. The molecule has 0 aliphatic carbocycles. The molecule has 3 aromatic carbocycles. The van der Waals surface area contributed by atoms with Crippen LogP contribution >= 0.6 is 0 Å². The maximum atomic E-state index is 14.3. The van der Waals surface area contributed by atoms with Crippen LogP contribution in [-0.2, 0) is 28.5 Å². The van der Waals surface area contributed by atoms with Crippen molar-refractivity contribution in [2.75, 3.05) is 53.7 Å². The van der Waals surface area contributed by atoms with Gasteiger partial charge in [0, 0.05) is 68.6 Å². The number of ether oxygens (including phenoxy) is 5. The molecule has 76 heavy (non-hydrogen) atoms. The molecule has 396 valence electrons. The summed E-state index contributed by atoms with van der Waals surface area (Å²) in [6.45, 7) is 3.20. The third-order valence-electron chi connectivity index (χ3n) is 15.7. The molecule has 4 amide bonds. The maximum Gasteiger partial charge on any atom is 0.407 e. The van der Waals surface area contributed by atoms with Gasteiger partial charge in [-0.3, -0.25) is 14.2 Å². The fourth-order valence-electron chi connectivity index (χ4n) is 11.8. The van der Waals surface area contributed by atoms with Gasteiger partial charge in [0.2, 0.25) is 17.7 Å². The van der Waals surface area contributed by atoms with Crippen LogP contribution in [0.4, 0.5) is 9.59 Å². The first-order chi connectivity index (χ1) is 37.2. The third-order valence-corrected chi connectivity index (χ3v) is 15.7. The topological polar surface area (TPSA) is 246 Å². The first kappa shape index (κ1) is 48.9. The third kappa shape index (κ3) is 9.30. The van der Waals surface area contributed by atoms with Crippen LogP contribution in [0.1, 0.15) is 88.6 Å². The monoisotopic (exact) mass is 1040 g/mol. The van der Waals surface area contributed by atoms with E-state index in [4.69, 9.17) is 38.1 Å². The van der Waals surface area contributed by atoms with Gasteiger partial charge in [0.25, 0.3) is 12.1 Å². The van der Waals surface area contributed by atoms with Crippen molar-refractivity contribution in [3.63, 3.8) is 0 Å². The Balaban J connectivity index is 0.00000631. The van der Waals surface area contributed by atoms with E-state index in [1.165, 1.54) is 14.2 Å². The van der Waals surface area contributed by atoms with Crippen molar-refractivity contribution >= 4 is 34.9 Å². The van der Waals surface area contributed by atoms with Gasteiger partial charge in [-0.1, -0.05) is 30.3 Å². The highest BCUT2D eigenvalue weighted by molar-refractivity contribution is 5.93. The van der Waals surface area contributed by atoms with E-state index < -0.39 is 30.5 Å². The zero-order valence-electron chi connectivity index (χ0n) is 42.2. The normalized spacial score (nSPS) is 20.6. The van der Waals surface area contributed by atoms with Crippen molar-refractivity contribution in [1.29, 1.82) is 0 Å². The molecule has 0 saturated carbocycles. The van der Waals surface area contributed by atoms with Crippen LogP contribution in [0.25, 0.3) is 56.1 Å². The van der Waals surface area contributed by atoms with E-state index >= 15 is 0 Å². The predicted octanol–water partition coefficient (Wildman–Crippen LogP) is 7.95. The Morgan fingerprint density at radius 3 is 1.82 bits per heavy atom. The molecular weight excluding hydrogens is 975 g/mol. The number of carbonyl (C=O) groups is 4. The van der Waals surface area contributed by atoms with Gasteiger partial charge in [-0.05, 0) is 106 Å². The minimum absolute atomic E-state index is 0. The molecule has 4 aromatic heterocycles. The number of aromatic amines is 2. The number of hydrogen-bond donors (Lipinski definition) is 4. The lowest BCUT2D eigenvalue weighted by atomic mass is 9.90. The molecule has 5 aliphatic heterocycles. The van der Waals surface area contributed by atoms with E-state index in [1.807, 2.05) is 70.5 Å². The first-order valence-electron chi connectivity index (χ1n) is 26.1. The summed E-state index contributed by atoms with van der Waals surface area (Å²) in [7, 11) is 2.60. The average molecular weight is 1040 g/mol. The number of likely N-dealkylation sites (tertiary alicyclic amines) is 2. The van der Waals surface area contributed by atoms with Gasteiger partial charge in [0.05, 0.1) is 61.3 Å². The smallest absolute Gasteiger partial charge is 0.407 e. The summed E-state index contributed by atoms with van der Waals surface area (Å²) in [5.74, 6) is 2.10. The molecule has 5 aliphatic rings. The van der Waals surface area contributed by atoms with Crippen molar-refractivity contribution < 1.29 is 48.7 Å². The quantitative estimate of drug-likeness (QED) is 0.0907. The molecule has 4 fully saturated rings. The second kappa shape index (κ2) is 20.9. The lowest BCUT2D eigenvalue weighted by Crippen LogP contribution is -2.53. The van der Waals surface area contributed by atoms with Gasteiger partial charge in [0.1, 0.15) is 29.5 Å². The Bertz CT molecular complexity index is 3270. The molecule has 1 unspecified atom stereocenters. The Morgan fingerprint density at radius 2 is 1.24 bits per heavy atom. The van der Waals surface area contributed by atoms with Crippen molar-refractivity contribution in [3.05, 3.63) is 103 Å². The molecule has 0 radical (unpaired) electrons. The predicted molar refractivity (Wildman–Crippen MR) is 276 cm³/mol. The van der Waals surface area contributed by atoms with E-state index in [0.717, 1.165) is 69.5 Å². The van der Waals surface area contributed by atoms with Crippen LogP contribution < -0.4 is 15.4 Å². The molecule has 4 saturated heterocycles. The van der Waals surface area contributed by atoms with E-state index in [0.29, 0.717) is 94.9 Å². The number of rotatable bonds is 12. The lowest BCUT2D eigenvalue weighted by molar-refractivity contribution is -0.137. The Morgan fingerprint density at radius 1 is 0.671 bits per heavy atom. The fourth-order valence-corrected chi connectivity index (χ4v) is 11.8. The van der Waals surface area contributed by atoms with Gasteiger partial charge in [-0.15, -0.1) is 10.2 Å². The number of nitrogens with zero attached hydrogens (tertiary/aromatic N) is 7. The highest BCUT2D eigenvalue weighted by Gasteiger charge is 2.42. The van der Waals surface area contributed by atoms with E-state index in [2.05, 4.69) is 47.5 Å². The largest absolute Gasteiger partial charge is 0.460 e. The molecule has 7 aromatic rings. The zero-order chi connectivity index (χ0) is 51.9. The first-order valence-corrected chi connectivity index (χ1v) is 26.1. The lowest BCUT2D eigenvalue weighted by Gasteiger charge is -2.34. The van der Waals surface area contributed by atoms with Crippen LogP contribution in [0.3, 0.4) is 0 Å². The van der Waals surface area contributed by atoms with Gasteiger partial charge >= 0.3 is 12.2 Å². The molecular formula is C55H61N11O10. The summed E-state index contributed by atoms with van der Waals surface area (Å²) in [4.78, 5) is 73.9. The second-order valence-corrected chi connectivity index (χ2v) is 20.0. The van der Waals surface area contributed by atoms with Crippen molar-refractivity contribution in [1.82, 2.24) is 55.1 Å². The molecule has 5 atom stereocenters. The summed E-state index contributed by atoms with van der Waals surface area (Å²) in [5.41, 5.74) is 6.62. The van der Waals surface area contributed by atoms with E-state index in [1.54, 1.807) is 12.4 Å². The number of methoxy groups -OCH3 is 2. The van der Waals surface area contributed by atoms with E-state index in [9.17, 15) is 19.2 Å². The van der Waals surface area contributed by atoms with Crippen molar-refractivity contribution in [3.8, 4) is 51.0 Å². The van der Waals surface area contributed by atoms with Crippen LogP contribution in [0, 0.1) is 11.8 Å². The van der Waals surface area contributed by atoms with Gasteiger partial charge in [-0.25, -0.2) is 19.6 Å². The zero-order valence-corrected chi connectivity index (χ0v) is 42.2. The number of aromatic nitrogens is 7. The van der Waals surface area contributed by atoms with Gasteiger partial charge in [0.15, 0.2) is 0 Å². The van der Waals surface area contributed by atoms with Crippen LogP contribution in [0.5, 0.6) is 5.75 Å². The molecule has 21 nitrogen and oxygen atoms in total. The molecule has 4 N–H and O–H groups in total. The number of benzene rings is 3. The number of amides is 4. The summed E-state index contributed by atoms with van der Waals surface area (Å²) >= 11 is 0. The summed E-state index contributed by atoms with van der Waals surface area (Å²) < 4.78 is 36.4. The Labute approximate surface area is 438 Å². The van der Waals surface area contributed by atoms with Gasteiger partial charge < -0.3 is 58.5 Å². The highest BCUT2D eigenvalue weighted by Crippen LogP contribution is 2.46. The van der Waals surface area contributed by atoms with Crippen LogP contribution in [-0.4, -0.2) is 134 Å². The number of H-pyrrole nitrogens is 2.